The molecule has 106 valence electrons. The quantitative estimate of drug-likeness (QED) is 0.671. The fourth-order valence-corrected chi connectivity index (χ4v) is 2.92. The summed E-state index contributed by atoms with van der Waals surface area (Å²) in [6.45, 7) is 0. The van der Waals surface area contributed by atoms with Crippen LogP contribution in [-0.2, 0) is 9.84 Å². The molecular formula is C14H15ClN2O2S. The van der Waals surface area contributed by atoms with Crippen LogP contribution >= 0.6 is 11.6 Å². The van der Waals surface area contributed by atoms with E-state index in [2.05, 4.69) is 5.43 Å². The van der Waals surface area contributed by atoms with Crippen LogP contribution < -0.4 is 11.3 Å². The van der Waals surface area contributed by atoms with E-state index in [-0.39, 0.29) is 10.9 Å². The second-order valence-electron chi connectivity index (χ2n) is 4.47. The summed E-state index contributed by atoms with van der Waals surface area (Å²) in [7, 11) is -3.26. The van der Waals surface area contributed by atoms with Crippen molar-refractivity contribution in [3.05, 3.63) is 64.7 Å². The molecule has 0 radical (unpaired) electrons. The van der Waals surface area contributed by atoms with Crippen molar-refractivity contribution in [2.45, 2.75) is 10.9 Å². The number of hydrogen-bond acceptors (Lipinski definition) is 4. The van der Waals surface area contributed by atoms with E-state index < -0.39 is 9.84 Å². The van der Waals surface area contributed by atoms with Crippen LogP contribution in [0.1, 0.15) is 17.2 Å². The smallest absolute Gasteiger partial charge is 0.175 e. The first-order valence-corrected chi connectivity index (χ1v) is 8.21. The SMILES string of the molecule is CS(=O)(=O)c1cccc(C(NN)c2ccccc2Cl)c1. The molecule has 0 saturated carbocycles. The van der Waals surface area contributed by atoms with Gasteiger partial charge in [-0.25, -0.2) is 13.8 Å². The minimum absolute atomic E-state index is 0.252. The summed E-state index contributed by atoms with van der Waals surface area (Å²) >= 11 is 6.16. The van der Waals surface area contributed by atoms with Gasteiger partial charge in [0.1, 0.15) is 0 Å². The first-order valence-electron chi connectivity index (χ1n) is 5.94. The first kappa shape index (κ1) is 15.0. The monoisotopic (exact) mass is 310 g/mol. The molecule has 1 unspecified atom stereocenters. The van der Waals surface area contributed by atoms with Gasteiger partial charge in [0.2, 0.25) is 0 Å². The molecule has 1 atom stereocenters. The van der Waals surface area contributed by atoms with Crippen molar-refractivity contribution in [1.82, 2.24) is 5.43 Å². The van der Waals surface area contributed by atoms with Gasteiger partial charge < -0.3 is 0 Å². The number of nitrogens with two attached hydrogens (primary N) is 1. The van der Waals surface area contributed by atoms with E-state index in [1.807, 2.05) is 24.3 Å². The third-order valence-electron chi connectivity index (χ3n) is 3.00. The summed E-state index contributed by atoms with van der Waals surface area (Å²) in [6, 6.07) is 13.6. The largest absolute Gasteiger partial charge is 0.271 e. The summed E-state index contributed by atoms with van der Waals surface area (Å²) in [6.07, 6.45) is 1.17. The second-order valence-corrected chi connectivity index (χ2v) is 6.89. The molecule has 6 heteroatoms. The van der Waals surface area contributed by atoms with Crippen molar-refractivity contribution >= 4 is 21.4 Å². The molecule has 2 aromatic rings. The number of hydrazine groups is 1. The predicted molar refractivity (Wildman–Crippen MR) is 80.2 cm³/mol. The maximum atomic E-state index is 11.6. The molecule has 0 aliphatic carbocycles. The number of hydrogen-bond donors (Lipinski definition) is 2. The number of benzene rings is 2. The number of sulfone groups is 1. The molecular weight excluding hydrogens is 296 g/mol. The molecule has 0 saturated heterocycles. The van der Waals surface area contributed by atoms with Gasteiger partial charge in [-0.05, 0) is 29.3 Å². The van der Waals surface area contributed by atoms with Crippen molar-refractivity contribution in [1.29, 1.82) is 0 Å². The van der Waals surface area contributed by atoms with Gasteiger partial charge in [-0.15, -0.1) is 0 Å². The highest BCUT2D eigenvalue weighted by atomic mass is 35.5. The lowest BCUT2D eigenvalue weighted by molar-refractivity contribution is 0.600. The molecule has 2 aromatic carbocycles. The zero-order valence-electron chi connectivity index (χ0n) is 10.9. The number of rotatable bonds is 4. The van der Waals surface area contributed by atoms with Gasteiger partial charge in [0.25, 0.3) is 0 Å². The highest BCUT2D eigenvalue weighted by molar-refractivity contribution is 7.90. The van der Waals surface area contributed by atoms with Gasteiger partial charge >= 0.3 is 0 Å². The summed E-state index contributed by atoms with van der Waals surface area (Å²) < 4.78 is 23.2. The molecule has 0 amide bonds. The molecule has 4 nitrogen and oxygen atoms in total. The van der Waals surface area contributed by atoms with E-state index in [4.69, 9.17) is 17.4 Å². The summed E-state index contributed by atoms with van der Waals surface area (Å²) in [5.41, 5.74) is 4.21. The fraction of sp³-hybridized carbons (Fsp3) is 0.143. The van der Waals surface area contributed by atoms with Crippen molar-refractivity contribution in [2.24, 2.45) is 5.84 Å². The maximum absolute atomic E-state index is 11.6. The average Bonchev–Trinajstić information content (AvgIpc) is 2.41. The lowest BCUT2D eigenvalue weighted by Gasteiger charge is -2.18. The Morgan fingerprint density at radius 3 is 2.45 bits per heavy atom. The maximum Gasteiger partial charge on any atom is 0.175 e. The Morgan fingerprint density at radius 1 is 1.15 bits per heavy atom. The zero-order valence-corrected chi connectivity index (χ0v) is 12.4. The Labute approximate surface area is 123 Å². The van der Waals surface area contributed by atoms with E-state index in [0.29, 0.717) is 5.02 Å². The van der Waals surface area contributed by atoms with E-state index in [1.54, 1.807) is 24.3 Å². The lowest BCUT2D eigenvalue weighted by Crippen LogP contribution is -2.29. The fourth-order valence-electron chi connectivity index (χ4n) is 2.00. The molecule has 0 bridgehead atoms. The van der Waals surface area contributed by atoms with Gasteiger partial charge in [-0.1, -0.05) is 41.9 Å². The first-order chi connectivity index (χ1) is 9.43. The molecule has 0 aromatic heterocycles. The molecule has 0 aliphatic heterocycles. The van der Waals surface area contributed by atoms with Crippen molar-refractivity contribution in [2.75, 3.05) is 6.26 Å². The topological polar surface area (TPSA) is 72.2 Å². The predicted octanol–water partition coefficient (Wildman–Crippen LogP) is 2.30. The highest BCUT2D eigenvalue weighted by Crippen LogP contribution is 2.28. The van der Waals surface area contributed by atoms with Crippen LogP contribution in [0.4, 0.5) is 0 Å². The normalized spacial score (nSPS) is 13.2. The van der Waals surface area contributed by atoms with Crippen LogP contribution in [0.25, 0.3) is 0 Å². The Bertz CT molecular complexity index is 717. The molecule has 0 aliphatic rings. The number of halogens is 1. The summed E-state index contributed by atoms with van der Waals surface area (Å²) in [5.74, 6) is 5.61. The standard InChI is InChI=1S/C14H15ClN2O2S/c1-20(18,19)11-6-4-5-10(9-11)14(17-16)12-7-2-3-8-13(12)15/h2-9,14,17H,16H2,1H3. The van der Waals surface area contributed by atoms with Gasteiger partial charge in [-0.3, -0.25) is 5.84 Å². The van der Waals surface area contributed by atoms with Crippen molar-refractivity contribution < 1.29 is 8.42 Å². The number of nitrogens with one attached hydrogen (secondary N) is 1. The Kier molecular flexibility index (Phi) is 4.45. The van der Waals surface area contributed by atoms with Gasteiger partial charge in [0, 0.05) is 11.3 Å². The van der Waals surface area contributed by atoms with E-state index in [1.165, 1.54) is 6.26 Å². The van der Waals surface area contributed by atoms with E-state index >= 15 is 0 Å². The van der Waals surface area contributed by atoms with Crippen LogP contribution in [-0.4, -0.2) is 14.7 Å². The molecule has 3 N–H and O–H groups in total. The Morgan fingerprint density at radius 2 is 1.85 bits per heavy atom. The van der Waals surface area contributed by atoms with Crippen LogP contribution in [0.2, 0.25) is 5.02 Å². The van der Waals surface area contributed by atoms with Crippen molar-refractivity contribution in [3.8, 4) is 0 Å². The van der Waals surface area contributed by atoms with Gasteiger partial charge in [0.15, 0.2) is 9.84 Å². The van der Waals surface area contributed by atoms with E-state index in [0.717, 1.165) is 11.1 Å². The Hall–Kier alpha value is -1.40. The summed E-state index contributed by atoms with van der Waals surface area (Å²) in [5, 5.41) is 0.570. The van der Waals surface area contributed by atoms with Crippen LogP contribution in [0.3, 0.4) is 0 Å². The van der Waals surface area contributed by atoms with E-state index in [9.17, 15) is 8.42 Å². The molecule has 0 spiro atoms. The minimum atomic E-state index is -3.26. The van der Waals surface area contributed by atoms with Crippen LogP contribution in [0.5, 0.6) is 0 Å². The second kappa shape index (κ2) is 5.93. The third kappa shape index (κ3) is 3.19. The zero-order chi connectivity index (χ0) is 14.8. The van der Waals surface area contributed by atoms with Crippen LogP contribution in [0.15, 0.2) is 53.4 Å². The third-order valence-corrected chi connectivity index (χ3v) is 4.46. The van der Waals surface area contributed by atoms with Crippen molar-refractivity contribution in [3.63, 3.8) is 0 Å². The van der Waals surface area contributed by atoms with Crippen LogP contribution in [0, 0.1) is 0 Å². The molecule has 0 heterocycles. The minimum Gasteiger partial charge on any atom is -0.271 e. The summed E-state index contributed by atoms with van der Waals surface area (Å²) in [4.78, 5) is 0.252. The molecule has 2 rings (SSSR count). The van der Waals surface area contributed by atoms with Gasteiger partial charge in [0.05, 0.1) is 10.9 Å². The highest BCUT2D eigenvalue weighted by Gasteiger charge is 2.17. The average molecular weight is 311 g/mol. The van der Waals surface area contributed by atoms with Gasteiger partial charge in [-0.2, -0.15) is 0 Å². The lowest BCUT2D eigenvalue weighted by atomic mass is 9.99. The Balaban J connectivity index is 2.51. The molecule has 20 heavy (non-hydrogen) atoms. The molecule has 0 fully saturated rings.